The van der Waals surface area contributed by atoms with Crippen LogP contribution >= 0.6 is 11.3 Å². The third kappa shape index (κ3) is 4.69. The Balaban J connectivity index is 1.39. The Hall–Kier alpha value is -4.29. The summed E-state index contributed by atoms with van der Waals surface area (Å²) in [6.07, 6.45) is 6.21. The van der Waals surface area contributed by atoms with Crippen molar-refractivity contribution in [1.82, 2.24) is 19.5 Å². The summed E-state index contributed by atoms with van der Waals surface area (Å²) in [5.41, 5.74) is 4.82. The van der Waals surface area contributed by atoms with Gasteiger partial charge in [0.25, 0.3) is 0 Å². The molecule has 7 nitrogen and oxygen atoms in total. The second kappa shape index (κ2) is 9.52. The van der Waals surface area contributed by atoms with Crippen molar-refractivity contribution in [2.45, 2.75) is 26.8 Å². The number of aromatic nitrogens is 4. The summed E-state index contributed by atoms with van der Waals surface area (Å²) in [5.74, 6) is 0.785. The van der Waals surface area contributed by atoms with Crippen LogP contribution in [0.1, 0.15) is 29.4 Å². The molecule has 5 aromatic rings. The van der Waals surface area contributed by atoms with Gasteiger partial charge in [0.15, 0.2) is 10.8 Å². The number of nitrogens with one attached hydrogen (secondary N) is 2. The number of hydrogen-bond donors (Lipinski definition) is 2. The van der Waals surface area contributed by atoms with Crippen molar-refractivity contribution < 1.29 is 4.39 Å². The zero-order chi connectivity index (χ0) is 24.4. The van der Waals surface area contributed by atoms with Crippen LogP contribution in [0.15, 0.2) is 61.1 Å². The summed E-state index contributed by atoms with van der Waals surface area (Å²) < 4.78 is 16.6. The predicted octanol–water partition coefficient (Wildman–Crippen LogP) is 6.30. The lowest BCUT2D eigenvalue weighted by molar-refractivity contribution is 0.619. The van der Waals surface area contributed by atoms with Crippen molar-refractivity contribution in [3.63, 3.8) is 0 Å². The van der Waals surface area contributed by atoms with Crippen LogP contribution in [0.3, 0.4) is 0 Å². The fourth-order valence-electron chi connectivity index (χ4n) is 3.82. The van der Waals surface area contributed by atoms with E-state index >= 15 is 0 Å². The van der Waals surface area contributed by atoms with Crippen molar-refractivity contribution in [2.75, 3.05) is 10.6 Å². The topological polar surface area (TPSA) is 91.5 Å². The van der Waals surface area contributed by atoms with E-state index in [1.54, 1.807) is 19.1 Å². The molecule has 0 saturated carbocycles. The zero-order valence-corrected chi connectivity index (χ0v) is 20.0. The number of halogens is 1. The minimum atomic E-state index is -0.276. The van der Waals surface area contributed by atoms with Crippen molar-refractivity contribution in [1.29, 1.82) is 5.26 Å². The van der Waals surface area contributed by atoms with Crippen LogP contribution in [-0.2, 0) is 13.0 Å². The molecule has 9 heteroatoms. The van der Waals surface area contributed by atoms with Gasteiger partial charge in [-0.05, 0) is 48.4 Å². The van der Waals surface area contributed by atoms with Crippen LogP contribution in [0, 0.1) is 24.1 Å². The van der Waals surface area contributed by atoms with Gasteiger partial charge in [-0.3, -0.25) is 0 Å². The molecule has 5 rings (SSSR count). The molecule has 35 heavy (non-hydrogen) atoms. The van der Waals surface area contributed by atoms with Gasteiger partial charge in [0.1, 0.15) is 22.4 Å². The van der Waals surface area contributed by atoms with Gasteiger partial charge < -0.3 is 15.2 Å². The largest absolute Gasteiger partial charge is 0.353 e. The molecule has 0 aliphatic rings. The molecule has 0 bridgehead atoms. The first kappa shape index (κ1) is 22.5. The van der Waals surface area contributed by atoms with Crippen LogP contribution in [0.4, 0.5) is 26.6 Å². The highest BCUT2D eigenvalue weighted by atomic mass is 32.1. The molecule has 0 fully saturated rings. The Bertz CT molecular complexity index is 1550. The van der Waals surface area contributed by atoms with Gasteiger partial charge in [-0.15, -0.1) is 0 Å². The van der Waals surface area contributed by atoms with E-state index in [2.05, 4.69) is 55.3 Å². The van der Waals surface area contributed by atoms with Gasteiger partial charge in [-0.2, -0.15) is 10.2 Å². The molecular weight excluding hydrogens is 461 g/mol. The fourth-order valence-corrected chi connectivity index (χ4v) is 4.76. The van der Waals surface area contributed by atoms with Crippen molar-refractivity contribution >= 4 is 43.9 Å². The van der Waals surface area contributed by atoms with Crippen molar-refractivity contribution in [3.8, 4) is 6.07 Å². The lowest BCUT2D eigenvalue weighted by Gasteiger charge is -2.09. The van der Waals surface area contributed by atoms with Gasteiger partial charge in [0, 0.05) is 42.9 Å². The molecule has 2 aromatic carbocycles. The molecule has 3 heterocycles. The number of fused-ring (bicyclic) bond motifs is 1. The smallest absolute Gasteiger partial charge is 0.189 e. The summed E-state index contributed by atoms with van der Waals surface area (Å²) >= 11 is 1.40. The third-order valence-electron chi connectivity index (χ3n) is 5.65. The molecule has 0 saturated heterocycles. The molecule has 2 N–H and O–H groups in total. The summed E-state index contributed by atoms with van der Waals surface area (Å²) in [4.78, 5) is 13.3. The lowest BCUT2D eigenvalue weighted by atomic mass is 10.2. The van der Waals surface area contributed by atoms with E-state index in [1.807, 2.05) is 24.5 Å². The first-order valence-corrected chi connectivity index (χ1v) is 11.9. The number of benzene rings is 2. The van der Waals surface area contributed by atoms with Gasteiger partial charge in [0.05, 0.1) is 11.3 Å². The summed E-state index contributed by atoms with van der Waals surface area (Å²) in [5, 5.41) is 16.9. The van der Waals surface area contributed by atoms with Gasteiger partial charge in [0.2, 0.25) is 0 Å². The number of hydrogen-bond acceptors (Lipinski definition) is 7. The summed E-state index contributed by atoms with van der Waals surface area (Å²) in [6, 6.07) is 15.1. The number of nitriles is 1. The quantitative estimate of drug-likeness (QED) is 0.282. The second-order valence-corrected chi connectivity index (χ2v) is 9.07. The molecule has 0 unspecified atom stereocenters. The van der Waals surface area contributed by atoms with Gasteiger partial charge in [-0.25, -0.2) is 14.4 Å². The summed E-state index contributed by atoms with van der Waals surface area (Å²) in [6.45, 7) is 4.56. The third-order valence-corrected chi connectivity index (χ3v) is 6.62. The maximum atomic E-state index is 13.7. The zero-order valence-electron chi connectivity index (χ0n) is 19.2. The average Bonchev–Trinajstić information content (AvgIpc) is 3.49. The van der Waals surface area contributed by atoms with Gasteiger partial charge in [-0.1, -0.05) is 30.4 Å². The molecular formula is C26H22FN7S. The minimum Gasteiger partial charge on any atom is -0.353 e. The normalized spacial score (nSPS) is 10.9. The van der Waals surface area contributed by atoms with E-state index in [9.17, 15) is 9.65 Å². The van der Waals surface area contributed by atoms with E-state index in [4.69, 9.17) is 0 Å². The van der Waals surface area contributed by atoms with E-state index in [0.717, 1.165) is 29.2 Å². The first-order chi connectivity index (χ1) is 17.0. The average molecular weight is 484 g/mol. The number of imidazole rings is 1. The highest BCUT2D eigenvalue weighted by molar-refractivity contribution is 7.22. The van der Waals surface area contributed by atoms with Crippen LogP contribution < -0.4 is 10.6 Å². The van der Waals surface area contributed by atoms with E-state index in [-0.39, 0.29) is 5.82 Å². The number of rotatable bonds is 7. The van der Waals surface area contributed by atoms with Crippen molar-refractivity contribution in [3.05, 3.63) is 89.4 Å². The molecule has 0 spiro atoms. The van der Waals surface area contributed by atoms with Crippen molar-refractivity contribution in [2.24, 2.45) is 0 Å². The maximum absolute atomic E-state index is 13.7. The molecule has 0 aliphatic carbocycles. The maximum Gasteiger partial charge on any atom is 0.189 e. The van der Waals surface area contributed by atoms with Crippen LogP contribution in [0.5, 0.6) is 0 Å². The number of nitrogens with zero attached hydrogens (tertiary/aromatic N) is 5. The Morgan fingerprint density at radius 2 is 1.89 bits per heavy atom. The molecule has 0 radical (unpaired) electrons. The fraction of sp³-hybridized carbons (Fsp3) is 0.154. The van der Waals surface area contributed by atoms with Crippen LogP contribution in [0.2, 0.25) is 0 Å². The van der Waals surface area contributed by atoms with Crippen LogP contribution in [-0.4, -0.2) is 19.5 Å². The highest BCUT2D eigenvalue weighted by Crippen LogP contribution is 2.36. The number of anilines is 4. The SMILES string of the molecule is CCc1nccn1Cc1ccc(Nc2nc3ncc(C#N)c(Nc4ccc(F)c(C)c4)c3s2)cc1. The van der Waals surface area contributed by atoms with Crippen LogP contribution in [0.25, 0.3) is 10.3 Å². The Kier molecular flexibility index (Phi) is 6.12. The predicted molar refractivity (Wildman–Crippen MR) is 137 cm³/mol. The van der Waals surface area contributed by atoms with E-state index < -0.39 is 0 Å². The number of pyridine rings is 1. The molecule has 0 atom stereocenters. The second-order valence-electron chi connectivity index (χ2n) is 8.07. The lowest BCUT2D eigenvalue weighted by Crippen LogP contribution is -2.03. The monoisotopic (exact) mass is 483 g/mol. The standard InChI is InChI=1S/C26H22FN7S/c1-3-22-29-10-11-34(22)15-17-4-6-19(7-5-17)32-26-33-25-24(35-26)23(18(13-28)14-30-25)31-20-8-9-21(27)16(2)12-20/h4-12,14H,3,15H2,1-2H3,(H2,30,31,32,33). The Morgan fingerprint density at radius 3 is 2.63 bits per heavy atom. The number of aryl methyl sites for hydroxylation is 2. The molecule has 0 aliphatic heterocycles. The first-order valence-electron chi connectivity index (χ1n) is 11.1. The van der Waals surface area contributed by atoms with E-state index in [0.29, 0.717) is 33.3 Å². The summed E-state index contributed by atoms with van der Waals surface area (Å²) in [7, 11) is 0. The highest BCUT2D eigenvalue weighted by Gasteiger charge is 2.15. The van der Waals surface area contributed by atoms with Gasteiger partial charge >= 0.3 is 0 Å². The Morgan fingerprint density at radius 1 is 1.09 bits per heavy atom. The number of thiazole rings is 1. The van der Waals surface area contributed by atoms with E-state index in [1.165, 1.54) is 29.2 Å². The Labute approximate surface area is 205 Å². The molecule has 3 aromatic heterocycles. The minimum absolute atomic E-state index is 0.276. The molecule has 174 valence electrons. The molecule has 0 amide bonds.